The fourth-order valence-electron chi connectivity index (χ4n) is 2.23. The zero-order valence-corrected chi connectivity index (χ0v) is 11.2. The van der Waals surface area contributed by atoms with Crippen LogP contribution in [-0.2, 0) is 0 Å². The Labute approximate surface area is 113 Å². The number of benzene rings is 1. The number of ether oxygens (including phenoxy) is 1. The molecule has 0 bridgehead atoms. The molecule has 19 heavy (non-hydrogen) atoms. The van der Waals surface area contributed by atoms with E-state index < -0.39 is 0 Å². The zero-order chi connectivity index (χ0) is 13.7. The predicted octanol–water partition coefficient (Wildman–Crippen LogP) is 4.34. The molecule has 1 atom stereocenters. The van der Waals surface area contributed by atoms with E-state index in [-0.39, 0.29) is 16.7 Å². The molecule has 0 aromatic heterocycles. The van der Waals surface area contributed by atoms with Gasteiger partial charge in [0.25, 0.3) is 5.69 Å². The summed E-state index contributed by atoms with van der Waals surface area (Å²) in [4.78, 5) is 10.3. The van der Waals surface area contributed by atoms with Crippen molar-refractivity contribution in [3.8, 4) is 5.75 Å². The van der Waals surface area contributed by atoms with Crippen molar-refractivity contribution >= 4 is 11.8 Å². The molecule has 0 radical (unpaired) electrons. The fourth-order valence-corrected chi connectivity index (χ4v) is 2.23. The van der Waals surface area contributed by atoms with Crippen LogP contribution < -0.4 is 4.74 Å². The molecule has 0 spiro atoms. The van der Waals surface area contributed by atoms with Gasteiger partial charge in [-0.15, -0.1) is 0 Å². The van der Waals surface area contributed by atoms with Gasteiger partial charge < -0.3 is 4.74 Å². The molecule has 0 fully saturated rings. The van der Waals surface area contributed by atoms with Crippen LogP contribution in [0.15, 0.2) is 24.3 Å². The molecule has 1 aliphatic heterocycles. The van der Waals surface area contributed by atoms with Gasteiger partial charge in [0, 0.05) is 17.7 Å². The maximum atomic E-state index is 10.7. The highest BCUT2D eigenvalue weighted by molar-refractivity contribution is 5.63. The molecular weight excluding hydrogens is 242 g/mol. The molecule has 1 aromatic carbocycles. The Kier molecular flexibility index (Phi) is 4.55. The third-order valence-corrected chi connectivity index (χ3v) is 3.32. The number of hydrogen-bond donors (Lipinski definition) is 0. The van der Waals surface area contributed by atoms with Crippen molar-refractivity contribution < 1.29 is 9.66 Å². The van der Waals surface area contributed by atoms with E-state index in [9.17, 15) is 10.1 Å². The maximum absolute atomic E-state index is 10.7. The second-order valence-electron chi connectivity index (χ2n) is 4.84. The van der Waals surface area contributed by atoms with Crippen LogP contribution in [0.5, 0.6) is 5.75 Å². The second-order valence-corrected chi connectivity index (χ2v) is 4.84. The van der Waals surface area contributed by atoms with E-state index in [1.165, 1.54) is 25.3 Å². The molecule has 1 heterocycles. The average molecular weight is 261 g/mol. The number of hydrogen-bond acceptors (Lipinski definition) is 3. The minimum atomic E-state index is -0.384. The zero-order valence-electron chi connectivity index (χ0n) is 11.2. The normalized spacial score (nSPS) is 16.8. The molecule has 1 aliphatic rings. The average Bonchev–Trinajstić information content (AvgIpc) is 2.43. The largest absolute Gasteiger partial charge is 0.486 e. The summed E-state index contributed by atoms with van der Waals surface area (Å²) in [5.41, 5.74) is 0.896. The monoisotopic (exact) mass is 261 g/mol. The van der Waals surface area contributed by atoms with Crippen LogP contribution in [0, 0.1) is 10.1 Å². The van der Waals surface area contributed by atoms with Crippen LogP contribution >= 0.6 is 0 Å². The van der Waals surface area contributed by atoms with Crippen molar-refractivity contribution in [1.29, 1.82) is 0 Å². The van der Waals surface area contributed by atoms with Crippen LogP contribution in [0.4, 0.5) is 5.69 Å². The van der Waals surface area contributed by atoms with Gasteiger partial charge in [-0.1, -0.05) is 32.3 Å². The Hall–Kier alpha value is -1.84. The highest BCUT2D eigenvalue weighted by atomic mass is 16.6. The summed E-state index contributed by atoms with van der Waals surface area (Å²) in [6.45, 7) is 2.19. The van der Waals surface area contributed by atoms with Crippen molar-refractivity contribution in [2.24, 2.45) is 0 Å². The van der Waals surface area contributed by atoms with Crippen molar-refractivity contribution in [3.63, 3.8) is 0 Å². The highest BCUT2D eigenvalue weighted by Gasteiger charge is 2.17. The summed E-state index contributed by atoms with van der Waals surface area (Å²) in [5.74, 6) is 0.744. The molecule has 102 valence electrons. The lowest BCUT2D eigenvalue weighted by molar-refractivity contribution is -0.384. The fraction of sp³-hybridized carbons (Fsp3) is 0.467. The topological polar surface area (TPSA) is 52.4 Å². The van der Waals surface area contributed by atoms with Gasteiger partial charge in [-0.05, 0) is 25.0 Å². The molecule has 0 saturated carbocycles. The number of non-ortho nitro benzene ring substituents is 1. The molecule has 0 aliphatic carbocycles. The van der Waals surface area contributed by atoms with E-state index >= 15 is 0 Å². The maximum Gasteiger partial charge on any atom is 0.270 e. The summed E-state index contributed by atoms with van der Waals surface area (Å²) < 4.78 is 5.84. The lowest BCUT2D eigenvalue weighted by Crippen LogP contribution is -2.16. The number of rotatable bonds is 6. The highest BCUT2D eigenvalue weighted by Crippen LogP contribution is 2.30. The van der Waals surface area contributed by atoms with Crippen LogP contribution in [0.1, 0.15) is 44.6 Å². The molecular formula is C15H19NO3. The molecule has 0 saturated heterocycles. The van der Waals surface area contributed by atoms with Gasteiger partial charge in [-0.25, -0.2) is 0 Å². The Balaban J connectivity index is 1.96. The minimum absolute atomic E-state index is 0.103. The van der Waals surface area contributed by atoms with Crippen LogP contribution in [0.25, 0.3) is 6.08 Å². The first-order valence-corrected chi connectivity index (χ1v) is 6.84. The third-order valence-electron chi connectivity index (χ3n) is 3.32. The summed E-state index contributed by atoms with van der Waals surface area (Å²) in [5, 5.41) is 10.7. The Morgan fingerprint density at radius 1 is 1.32 bits per heavy atom. The number of nitrogens with zero attached hydrogens (tertiary/aromatic N) is 1. The molecule has 1 aromatic rings. The van der Waals surface area contributed by atoms with Gasteiger partial charge in [0.2, 0.25) is 0 Å². The van der Waals surface area contributed by atoms with Crippen molar-refractivity contribution in [2.45, 2.75) is 45.1 Å². The number of nitro groups is 1. The lowest BCUT2D eigenvalue weighted by atomic mass is 10.0. The SMILES string of the molecule is CCCCCCC1C=Cc2cc([N+](=O)[O-])ccc2O1. The first-order valence-electron chi connectivity index (χ1n) is 6.84. The molecule has 0 N–H and O–H groups in total. The number of fused-ring (bicyclic) bond motifs is 1. The summed E-state index contributed by atoms with van der Waals surface area (Å²) in [7, 11) is 0. The van der Waals surface area contributed by atoms with E-state index in [4.69, 9.17) is 4.74 Å². The quantitative estimate of drug-likeness (QED) is 0.435. The predicted molar refractivity (Wildman–Crippen MR) is 75.3 cm³/mol. The molecule has 0 amide bonds. The first kappa shape index (κ1) is 13.6. The van der Waals surface area contributed by atoms with Crippen molar-refractivity contribution in [3.05, 3.63) is 40.0 Å². The van der Waals surface area contributed by atoms with Crippen LogP contribution in [0.2, 0.25) is 0 Å². The van der Waals surface area contributed by atoms with E-state index in [1.54, 1.807) is 12.1 Å². The lowest BCUT2D eigenvalue weighted by Gasteiger charge is -2.21. The van der Waals surface area contributed by atoms with Gasteiger partial charge in [-0.3, -0.25) is 10.1 Å². The molecule has 2 rings (SSSR count). The third kappa shape index (κ3) is 3.56. The van der Waals surface area contributed by atoms with Gasteiger partial charge in [0.15, 0.2) is 0 Å². The van der Waals surface area contributed by atoms with Crippen molar-refractivity contribution in [2.75, 3.05) is 0 Å². The number of unbranched alkanes of at least 4 members (excludes halogenated alkanes) is 3. The Morgan fingerprint density at radius 2 is 2.16 bits per heavy atom. The van der Waals surface area contributed by atoms with E-state index in [0.717, 1.165) is 24.2 Å². The van der Waals surface area contributed by atoms with E-state index in [2.05, 4.69) is 6.92 Å². The summed E-state index contributed by atoms with van der Waals surface area (Å²) in [6, 6.07) is 4.74. The van der Waals surface area contributed by atoms with Crippen molar-refractivity contribution in [1.82, 2.24) is 0 Å². The minimum Gasteiger partial charge on any atom is -0.486 e. The van der Waals surface area contributed by atoms with E-state index in [1.807, 2.05) is 12.2 Å². The molecule has 4 heteroatoms. The van der Waals surface area contributed by atoms with Gasteiger partial charge >= 0.3 is 0 Å². The van der Waals surface area contributed by atoms with Gasteiger partial charge in [0.05, 0.1) is 4.92 Å². The summed E-state index contributed by atoms with van der Waals surface area (Å²) >= 11 is 0. The van der Waals surface area contributed by atoms with Gasteiger partial charge in [0.1, 0.15) is 11.9 Å². The molecule has 1 unspecified atom stereocenters. The Bertz CT molecular complexity index is 482. The van der Waals surface area contributed by atoms with Gasteiger partial charge in [-0.2, -0.15) is 0 Å². The molecule has 4 nitrogen and oxygen atoms in total. The Morgan fingerprint density at radius 3 is 2.89 bits per heavy atom. The standard InChI is InChI=1S/C15H19NO3/c1-2-3-4-5-6-14-9-7-12-11-13(16(17)18)8-10-15(12)19-14/h7-11,14H,2-6H2,1H3. The summed E-state index contributed by atoms with van der Waals surface area (Å²) in [6.07, 6.45) is 9.92. The number of nitro benzene ring substituents is 1. The first-order chi connectivity index (χ1) is 9.20. The van der Waals surface area contributed by atoms with Crippen LogP contribution in [-0.4, -0.2) is 11.0 Å². The second kappa shape index (κ2) is 6.36. The smallest absolute Gasteiger partial charge is 0.270 e. The van der Waals surface area contributed by atoms with Crippen LogP contribution in [0.3, 0.4) is 0 Å². The van der Waals surface area contributed by atoms with E-state index in [0.29, 0.717) is 0 Å².